The van der Waals surface area contributed by atoms with Crippen molar-refractivity contribution in [3.8, 4) is 0 Å². The third-order valence-electron chi connectivity index (χ3n) is 2.80. The van der Waals surface area contributed by atoms with E-state index in [-0.39, 0.29) is 28.8 Å². The van der Waals surface area contributed by atoms with Gasteiger partial charge in [0, 0.05) is 5.41 Å². The topological polar surface area (TPSA) is 18.5 Å². The number of hydrogen-bond acceptors (Lipinski definition) is 2. The zero-order chi connectivity index (χ0) is 12.1. The maximum Gasteiger partial charge on any atom is 0.163 e. The van der Waals surface area contributed by atoms with Gasteiger partial charge in [0.05, 0.1) is 11.7 Å². The van der Waals surface area contributed by atoms with E-state index in [9.17, 15) is 0 Å². The molecule has 0 amide bonds. The van der Waals surface area contributed by atoms with Crippen LogP contribution in [0.3, 0.4) is 0 Å². The van der Waals surface area contributed by atoms with Gasteiger partial charge in [-0.2, -0.15) is 0 Å². The van der Waals surface area contributed by atoms with E-state index in [1.807, 2.05) is 0 Å². The summed E-state index contributed by atoms with van der Waals surface area (Å²) in [7, 11) is 0. The van der Waals surface area contributed by atoms with Crippen LogP contribution in [0, 0.1) is 10.8 Å². The van der Waals surface area contributed by atoms with Crippen LogP contribution in [0.15, 0.2) is 0 Å². The summed E-state index contributed by atoms with van der Waals surface area (Å²) in [6.45, 7) is 17.3. The summed E-state index contributed by atoms with van der Waals surface area (Å²) in [6, 6.07) is 0. The maximum atomic E-state index is 6.08. The van der Waals surface area contributed by atoms with Crippen LogP contribution in [0.1, 0.15) is 55.4 Å². The molecule has 90 valence electrons. The Morgan fingerprint density at radius 1 is 0.867 bits per heavy atom. The summed E-state index contributed by atoms with van der Waals surface area (Å²) in [4.78, 5) is 0. The second-order valence-corrected chi connectivity index (χ2v) is 7.30. The lowest BCUT2D eigenvalue weighted by Crippen LogP contribution is -2.42. The first kappa shape index (κ1) is 13.0. The van der Waals surface area contributed by atoms with Crippen LogP contribution in [-0.2, 0) is 9.47 Å². The smallest absolute Gasteiger partial charge is 0.163 e. The molecule has 2 nitrogen and oxygen atoms in total. The van der Waals surface area contributed by atoms with Crippen molar-refractivity contribution >= 4 is 0 Å². The fraction of sp³-hybridized carbons (Fsp3) is 1.00. The van der Waals surface area contributed by atoms with E-state index >= 15 is 0 Å². The molecule has 0 spiro atoms. The van der Waals surface area contributed by atoms with Crippen LogP contribution in [-0.4, -0.2) is 18.0 Å². The Balaban J connectivity index is 2.87. The van der Waals surface area contributed by atoms with Gasteiger partial charge < -0.3 is 9.47 Å². The highest BCUT2D eigenvalue weighted by atomic mass is 16.7. The highest BCUT2D eigenvalue weighted by Crippen LogP contribution is 2.44. The van der Waals surface area contributed by atoms with E-state index in [0.29, 0.717) is 0 Å². The molecule has 0 N–H and O–H groups in total. The molecule has 0 saturated carbocycles. The predicted octanol–water partition coefficient (Wildman–Crippen LogP) is 3.60. The van der Waals surface area contributed by atoms with Crippen molar-refractivity contribution in [1.29, 1.82) is 0 Å². The number of hydrogen-bond donors (Lipinski definition) is 0. The zero-order valence-electron chi connectivity index (χ0n) is 11.5. The molecule has 1 rings (SSSR count). The van der Waals surface area contributed by atoms with E-state index in [2.05, 4.69) is 55.4 Å². The van der Waals surface area contributed by atoms with Gasteiger partial charge in [0.25, 0.3) is 0 Å². The average Bonchev–Trinajstić information content (AvgIpc) is 2.22. The summed E-state index contributed by atoms with van der Waals surface area (Å²) in [5, 5.41) is 0. The van der Waals surface area contributed by atoms with Crippen molar-refractivity contribution in [3.05, 3.63) is 0 Å². The van der Waals surface area contributed by atoms with E-state index in [4.69, 9.17) is 9.47 Å². The molecule has 0 aromatic heterocycles. The lowest BCUT2D eigenvalue weighted by atomic mass is 9.80. The molecule has 0 bridgehead atoms. The first-order valence-corrected chi connectivity index (χ1v) is 5.78. The maximum absolute atomic E-state index is 6.08. The highest BCUT2D eigenvalue weighted by Gasteiger charge is 2.51. The summed E-state index contributed by atoms with van der Waals surface area (Å²) in [5.74, 6) is 0. The molecule has 1 aliphatic heterocycles. The molecule has 1 aliphatic rings. The third-order valence-corrected chi connectivity index (χ3v) is 2.80. The van der Waals surface area contributed by atoms with Crippen molar-refractivity contribution in [1.82, 2.24) is 0 Å². The Kier molecular flexibility index (Phi) is 2.99. The third kappa shape index (κ3) is 2.73. The Labute approximate surface area is 94.3 Å². The van der Waals surface area contributed by atoms with Crippen LogP contribution >= 0.6 is 0 Å². The predicted molar refractivity (Wildman–Crippen MR) is 62.7 cm³/mol. The van der Waals surface area contributed by atoms with Crippen LogP contribution in [0.2, 0.25) is 0 Å². The lowest BCUT2D eigenvalue weighted by molar-refractivity contribution is -0.146. The summed E-state index contributed by atoms with van der Waals surface area (Å²) in [5.41, 5.74) is -0.0447. The van der Waals surface area contributed by atoms with Crippen molar-refractivity contribution in [3.63, 3.8) is 0 Å². The van der Waals surface area contributed by atoms with Crippen LogP contribution in [0.5, 0.6) is 0 Å². The minimum Gasteiger partial charge on any atom is -0.345 e. The molecule has 15 heavy (non-hydrogen) atoms. The quantitative estimate of drug-likeness (QED) is 0.613. The Hall–Kier alpha value is -0.0800. The molecule has 2 unspecified atom stereocenters. The first-order valence-electron chi connectivity index (χ1n) is 5.78. The first-order chi connectivity index (χ1) is 6.44. The number of ether oxygens (including phenoxy) is 2. The van der Waals surface area contributed by atoms with Crippen LogP contribution in [0.25, 0.3) is 0 Å². The van der Waals surface area contributed by atoms with Gasteiger partial charge in [-0.05, 0) is 19.3 Å². The summed E-state index contributed by atoms with van der Waals surface area (Å²) >= 11 is 0. The monoisotopic (exact) mass is 214 g/mol. The van der Waals surface area contributed by atoms with Gasteiger partial charge in [-0.3, -0.25) is 0 Å². The molecule has 0 radical (unpaired) electrons. The second kappa shape index (κ2) is 3.46. The summed E-state index contributed by atoms with van der Waals surface area (Å²) < 4.78 is 12.1. The van der Waals surface area contributed by atoms with E-state index in [1.54, 1.807) is 0 Å². The van der Waals surface area contributed by atoms with Gasteiger partial charge >= 0.3 is 0 Å². The zero-order valence-corrected chi connectivity index (χ0v) is 11.5. The molecule has 1 fully saturated rings. The lowest BCUT2D eigenvalue weighted by Gasteiger charge is -2.34. The normalized spacial score (nSPS) is 32.0. The van der Waals surface area contributed by atoms with Crippen molar-refractivity contribution in [2.75, 3.05) is 0 Å². The highest BCUT2D eigenvalue weighted by molar-refractivity contribution is 4.95. The van der Waals surface area contributed by atoms with Gasteiger partial charge in [0.2, 0.25) is 0 Å². The standard InChI is InChI=1S/C13H26O2/c1-11(2,3)9-13(7,8)15-10(14-9)12(4,5)6/h9-10H,1-8H3. The Bertz CT molecular complexity index is 230. The fourth-order valence-corrected chi connectivity index (χ4v) is 2.28. The van der Waals surface area contributed by atoms with E-state index in [1.165, 1.54) is 0 Å². The molecular weight excluding hydrogens is 188 g/mol. The Morgan fingerprint density at radius 3 is 1.53 bits per heavy atom. The van der Waals surface area contributed by atoms with Gasteiger partial charge in [-0.15, -0.1) is 0 Å². The molecule has 1 saturated heterocycles. The average molecular weight is 214 g/mol. The van der Waals surface area contributed by atoms with Crippen LogP contribution in [0.4, 0.5) is 0 Å². The number of rotatable bonds is 0. The largest absolute Gasteiger partial charge is 0.345 e. The van der Waals surface area contributed by atoms with Crippen LogP contribution < -0.4 is 0 Å². The molecule has 2 heteroatoms. The van der Waals surface area contributed by atoms with E-state index < -0.39 is 0 Å². The van der Waals surface area contributed by atoms with Gasteiger partial charge in [0.1, 0.15) is 0 Å². The minimum atomic E-state index is -0.198. The van der Waals surface area contributed by atoms with Gasteiger partial charge in [-0.1, -0.05) is 41.5 Å². The molecule has 2 atom stereocenters. The van der Waals surface area contributed by atoms with Crippen molar-refractivity contribution in [2.45, 2.75) is 73.4 Å². The van der Waals surface area contributed by atoms with Gasteiger partial charge in [0.15, 0.2) is 6.29 Å². The Morgan fingerprint density at radius 2 is 1.33 bits per heavy atom. The SMILES string of the molecule is CC(C)(C)C1OC(C(C)(C)C)C(C)(C)O1. The van der Waals surface area contributed by atoms with Crippen molar-refractivity contribution in [2.24, 2.45) is 10.8 Å². The van der Waals surface area contributed by atoms with Gasteiger partial charge in [-0.25, -0.2) is 0 Å². The summed E-state index contributed by atoms with van der Waals surface area (Å²) in [6.07, 6.45) is 0.0472. The minimum absolute atomic E-state index is 0.0390. The molecule has 0 aromatic rings. The molecule has 0 aromatic carbocycles. The molecular formula is C13H26O2. The fourth-order valence-electron chi connectivity index (χ4n) is 2.28. The molecule has 1 heterocycles. The van der Waals surface area contributed by atoms with E-state index in [0.717, 1.165) is 0 Å². The van der Waals surface area contributed by atoms with Crippen molar-refractivity contribution < 1.29 is 9.47 Å². The molecule has 0 aliphatic carbocycles. The second-order valence-electron chi connectivity index (χ2n) is 7.30.